The number of hydrogen-bond acceptors (Lipinski definition) is 4. The molecule has 0 saturated heterocycles. The number of nitrogens with zero attached hydrogens (tertiary/aromatic N) is 2. The predicted octanol–water partition coefficient (Wildman–Crippen LogP) is 13.2. The molecule has 242 valence electrons. The number of furan rings is 2. The number of aromatic nitrogens is 2. The van der Waals surface area contributed by atoms with Crippen molar-refractivity contribution in [3.63, 3.8) is 0 Å². The van der Waals surface area contributed by atoms with Crippen molar-refractivity contribution in [2.24, 2.45) is 0 Å². The van der Waals surface area contributed by atoms with Gasteiger partial charge in [0.05, 0.1) is 0 Å². The van der Waals surface area contributed by atoms with E-state index in [1.165, 1.54) is 32.7 Å². The third-order valence-corrected chi connectivity index (χ3v) is 10.3. The van der Waals surface area contributed by atoms with Crippen molar-refractivity contribution in [2.45, 2.75) is 0 Å². The molecule has 0 unspecified atom stereocenters. The zero-order valence-electron chi connectivity index (χ0n) is 27.9. The molecule has 0 aliphatic heterocycles. The lowest BCUT2D eigenvalue weighted by Gasteiger charge is -2.11. The Morgan fingerprint density at radius 3 is 1.90 bits per heavy atom. The molecule has 11 rings (SSSR count). The first-order chi connectivity index (χ1) is 25.8. The number of fused-ring (bicyclic) bond motifs is 9. The summed E-state index contributed by atoms with van der Waals surface area (Å²) >= 11 is 0. The summed E-state index contributed by atoms with van der Waals surface area (Å²) in [5.74, 6) is 0.643. The van der Waals surface area contributed by atoms with E-state index in [-0.39, 0.29) is 0 Å². The van der Waals surface area contributed by atoms with Gasteiger partial charge in [-0.15, -0.1) is 0 Å². The molecule has 0 N–H and O–H groups in total. The molecule has 0 aliphatic rings. The van der Waals surface area contributed by atoms with E-state index in [2.05, 4.69) is 133 Å². The SMILES string of the molecule is c1ccc(-c2ccc(-c3nc(-c4cccc5oc6cc(-c7cc8ccccc8c8ccccc78)ccc6c45)c4oc5ccccc5c4n3)cc2)cc1. The molecule has 0 bridgehead atoms. The lowest BCUT2D eigenvalue weighted by molar-refractivity contribution is 0.667. The minimum atomic E-state index is 0.643. The highest BCUT2D eigenvalue weighted by Gasteiger charge is 2.22. The summed E-state index contributed by atoms with van der Waals surface area (Å²) in [6.07, 6.45) is 0. The van der Waals surface area contributed by atoms with Crippen LogP contribution < -0.4 is 0 Å². The number of rotatable bonds is 4. The minimum absolute atomic E-state index is 0.643. The Kier molecular flexibility index (Phi) is 6.22. The Hall–Kier alpha value is -7.04. The largest absolute Gasteiger partial charge is 0.456 e. The van der Waals surface area contributed by atoms with Crippen LogP contribution >= 0.6 is 0 Å². The Bertz CT molecular complexity index is 3170. The molecule has 11 aromatic rings. The van der Waals surface area contributed by atoms with Gasteiger partial charge in [0.25, 0.3) is 0 Å². The highest BCUT2D eigenvalue weighted by Crippen LogP contribution is 2.43. The van der Waals surface area contributed by atoms with Gasteiger partial charge in [0, 0.05) is 27.3 Å². The molecule has 0 radical (unpaired) electrons. The molecule has 0 amide bonds. The Balaban J connectivity index is 1.12. The Morgan fingerprint density at radius 1 is 0.365 bits per heavy atom. The van der Waals surface area contributed by atoms with Crippen molar-refractivity contribution in [1.82, 2.24) is 9.97 Å². The maximum absolute atomic E-state index is 6.64. The first-order valence-corrected chi connectivity index (χ1v) is 17.5. The quantitative estimate of drug-likeness (QED) is 0.176. The van der Waals surface area contributed by atoms with E-state index >= 15 is 0 Å². The van der Waals surface area contributed by atoms with Crippen LogP contribution in [0, 0.1) is 0 Å². The molecule has 0 fully saturated rings. The lowest BCUT2D eigenvalue weighted by Crippen LogP contribution is -1.94. The normalized spacial score (nSPS) is 11.8. The molecule has 3 aromatic heterocycles. The summed E-state index contributed by atoms with van der Waals surface area (Å²) in [5.41, 5.74) is 11.1. The molecule has 8 aromatic carbocycles. The van der Waals surface area contributed by atoms with Crippen LogP contribution in [0.15, 0.2) is 179 Å². The van der Waals surface area contributed by atoms with E-state index in [9.17, 15) is 0 Å². The van der Waals surface area contributed by atoms with E-state index in [1.54, 1.807) is 0 Å². The van der Waals surface area contributed by atoms with Gasteiger partial charge in [-0.05, 0) is 80.2 Å². The van der Waals surface area contributed by atoms with E-state index in [0.717, 1.165) is 66.4 Å². The lowest BCUT2D eigenvalue weighted by atomic mass is 9.93. The summed E-state index contributed by atoms with van der Waals surface area (Å²) in [7, 11) is 0. The number of benzene rings is 8. The predicted molar refractivity (Wildman–Crippen MR) is 213 cm³/mol. The second kappa shape index (κ2) is 11.2. The van der Waals surface area contributed by atoms with Crippen molar-refractivity contribution >= 4 is 65.6 Å². The van der Waals surface area contributed by atoms with Gasteiger partial charge in [0.2, 0.25) is 0 Å². The standard InChI is InChI=1S/C48H28N2O2/c1-2-11-29(12-3-1)30-21-23-31(24-22-30)48-49-45-38-17-8-9-19-41(38)52-47(45)46(50-48)39-18-10-20-42-44(39)37-26-25-33(28-43(37)51-42)40-27-32-13-4-5-14-34(32)35-15-6-7-16-36(35)40/h1-28H. The molecule has 0 aliphatic carbocycles. The fraction of sp³-hybridized carbons (Fsp3) is 0. The van der Waals surface area contributed by atoms with Crippen LogP contribution in [0.25, 0.3) is 110 Å². The first kappa shape index (κ1) is 28.8. The Labute approximate surface area is 298 Å². The monoisotopic (exact) mass is 664 g/mol. The topological polar surface area (TPSA) is 52.1 Å². The highest BCUT2D eigenvalue weighted by molar-refractivity contribution is 6.18. The van der Waals surface area contributed by atoms with Crippen LogP contribution in [0.5, 0.6) is 0 Å². The number of para-hydroxylation sites is 1. The molecular weight excluding hydrogens is 637 g/mol. The van der Waals surface area contributed by atoms with E-state index in [4.69, 9.17) is 18.8 Å². The van der Waals surface area contributed by atoms with Crippen LogP contribution in [-0.4, -0.2) is 9.97 Å². The molecule has 52 heavy (non-hydrogen) atoms. The Morgan fingerprint density at radius 2 is 1.04 bits per heavy atom. The van der Waals surface area contributed by atoms with Gasteiger partial charge in [-0.1, -0.05) is 133 Å². The van der Waals surface area contributed by atoms with Gasteiger partial charge in [-0.2, -0.15) is 0 Å². The third-order valence-electron chi connectivity index (χ3n) is 10.3. The van der Waals surface area contributed by atoms with Gasteiger partial charge in [-0.25, -0.2) is 9.97 Å². The van der Waals surface area contributed by atoms with Crippen molar-refractivity contribution in [1.29, 1.82) is 0 Å². The van der Waals surface area contributed by atoms with E-state index < -0.39 is 0 Å². The van der Waals surface area contributed by atoms with E-state index in [1.807, 2.05) is 36.4 Å². The van der Waals surface area contributed by atoms with Gasteiger partial charge in [0.15, 0.2) is 11.4 Å². The molecular formula is C48H28N2O2. The van der Waals surface area contributed by atoms with Crippen LogP contribution in [0.3, 0.4) is 0 Å². The van der Waals surface area contributed by atoms with Crippen LogP contribution in [0.2, 0.25) is 0 Å². The molecule has 0 atom stereocenters. The smallest absolute Gasteiger partial charge is 0.180 e. The van der Waals surface area contributed by atoms with Crippen molar-refractivity contribution in [3.8, 4) is 44.9 Å². The summed E-state index contributed by atoms with van der Waals surface area (Å²) in [4.78, 5) is 10.4. The van der Waals surface area contributed by atoms with Crippen LogP contribution in [-0.2, 0) is 0 Å². The summed E-state index contributed by atoms with van der Waals surface area (Å²) < 4.78 is 13.2. The second-order valence-corrected chi connectivity index (χ2v) is 13.3. The molecule has 4 heteroatoms. The maximum atomic E-state index is 6.64. The average Bonchev–Trinajstić information content (AvgIpc) is 3.79. The summed E-state index contributed by atoms with van der Waals surface area (Å²) in [6.45, 7) is 0. The van der Waals surface area contributed by atoms with Crippen molar-refractivity contribution in [2.75, 3.05) is 0 Å². The molecule has 3 heterocycles. The second-order valence-electron chi connectivity index (χ2n) is 13.3. The van der Waals surface area contributed by atoms with Gasteiger partial charge in [0.1, 0.15) is 28.0 Å². The zero-order chi connectivity index (χ0) is 34.2. The third kappa shape index (κ3) is 4.41. The molecule has 0 spiro atoms. The van der Waals surface area contributed by atoms with Gasteiger partial charge >= 0.3 is 0 Å². The van der Waals surface area contributed by atoms with Crippen molar-refractivity contribution in [3.05, 3.63) is 170 Å². The van der Waals surface area contributed by atoms with Crippen LogP contribution in [0.4, 0.5) is 0 Å². The van der Waals surface area contributed by atoms with Gasteiger partial charge in [-0.3, -0.25) is 0 Å². The number of hydrogen-bond donors (Lipinski definition) is 0. The zero-order valence-corrected chi connectivity index (χ0v) is 27.9. The molecule has 0 saturated carbocycles. The van der Waals surface area contributed by atoms with E-state index in [0.29, 0.717) is 11.4 Å². The first-order valence-electron chi connectivity index (χ1n) is 17.5. The fourth-order valence-electron chi connectivity index (χ4n) is 7.83. The minimum Gasteiger partial charge on any atom is -0.456 e. The molecule has 4 nitrogen and oxygen atoms in total. The summed E-state index contributed by atoms with van der Waals surface area (Å²) in [6, 6.07) is 59.2. The fourth-order valence-corrected chi connectivity index (χ4v) is 7.83. The maximum Gasteiger partial charge on any atom is 0.180 e. The van der Waals surface area contributed by atoms with Crippen molar-refractivity contribution < 1.29 is 8.83 Å². The highest BCUT2D eigenvalue weighted by atomic mass is 16.3. The average molecular weight is 665 g/mol. The summed E-state index contributed by atoms with van der Waals surface area (Å²) in [5, 5.41) is 7.91. The van der Waals surface area contributed by atoms with Crippen LogP contribution in [0.1, 0.15) is 0 Å². The van der Waals surface area contributed by atoms with Gasteiger partial charge < -0.3 is 8.83 Å².